The number of rotatable bonds is 4. The number of carbonyl (C=O) groups is 1. The number of aromatic nitrogens is 1. The van der Waals surface area contributed by atoms with E-state index in [2.05, 4.69) is 14.8 Å². The molecule has 0 radical (unpaired) electrons. The number of nitrogens with zero attached hydrogens (tertiary/aromatic N) is 3. The van der Waals surface area contributed by atoms with Crippen molar-refractivity contribution in [3.63, 3.8) is 0 Å². The molecule has 3 rings (SSSR count). The van der Waals surface area contributed by atoms with Crippen molar-refractivity contribution in [3.8, 4) is 0 Å². The Kier molecular flexibility index (Phi) is 3.70. The second-order valence-corrected chi connectivity index (χ2v) is 6.46. The van der Waals surface area contributed by atoms with Crippen molar-refractivity contribution in [3.05, 3.63) is 11.1 Å². The highest BCUT2D eigenvalue weighted by Crippen LogP contribution is 2.28. The summed E-state index contributed by atoms with van der Waals surface area (Å²) in [6, 6.07) is 0. The van der Waals surface area contributed by atoms with Crippen molar-refractivity contribution in [1.29, 1.82) is 0 Å². The average Bonchev–Trinajstić information content (AvgIpc) is 3.09. The lowest BCUT2D eigenvalue weighted by molar-refractivity contribution is -0.141. The van der Waals surface area contributed by atoms with Crippen molar-refractivity contribution < 1.29 is 9.90 Å². The lowest BCUT2D eigenvalue weighted by Crippen LogP contribution is -2.22. The van der Waals surface area contributed by atoms with Gasteiger partial charge in [0.15, 0.2) is 5.13 Å². The summed E-state index contributed by atoms with van der Waals surface area (Å²) < 4.78 is 0. The van der Waals surface area contributed by atoms with E-state index in [1.165, 1.54) is 17.7 Å². The van der Waals surface area contributed by atoms with E-state index in [1.54, 1.807) is 11.3 Å². The molecule has 1 aromatic rings. The molecule has 2 aliphatic heterocycles. The van der Waals surface area contributed by atoms with E-state index in [1.807, 2.05) is 6.20 Å². The largest absolute Gasteiger partial charge is 0.481 e. The van der Waals surface area contributed by atoms with Crippen LogP contribution < -0.4 is 4.90 Å². The summed E-state index contributed by atoms with van der Waals surface area (Å²) in [4.78, 5) is 21.2. The molecule has 1 aromatic heterocycles. The number of anilines is 1. The quantitative estimate of drug-likeness (QED) is 0.909. The highest BCUT2D eigenvalue weighted by molar-refractivity contribution is 7.15. The van der Waals surface area contributed by atoms with Crippen LogP contribution in [0.5, 0.6) is 0 Å². The van der Waals surface area contributed by atoms with Gasteiger partial charge in [-0.05, 0) is 25.8 Å². The van der Waals surface area contributed by atoms with Crippen molar-refractivity contribution in [1.82, 2.24) is 9.88 Å². The summed E-state index contributed by atoms with van der Waals surface area (Å²) in [7, 11) is 0. The lowest BCUT2D eigenvalue weighted by atomic mass is 10.1. The molecular formula is C13H19N3O2S. The van der Waals surface area contributed by atoms with Crippen LogP contribution >= 0.6 is 11.3 Å². The summed E-state index contributed by atoms with van der Waals surface area (Å²) in [5.41, 5.74) is 0. The first-order valence-corrected chi connectivity index (χ1v) is 7.69. The fourth-order valence-corrected chi connectivity index (χ4v) is 3.83. The maximum atomic E-state index is 10.9. The molecule has 6 heteroatoms. The van der Waals surface area contributed by atoms with E-state index in [0.717, 1.165) is 37.7 Å². The van der Waals surface area contributed by atoms with Crippen LogP contribution in [0.25, 0.3) is 0 Å². The van der Waals surface area contributed by atoms with Crippen molar-refractivity contribution in [2.24, 2.45) is 5.92 Å². The molecule has 2 saturated heterocycles. The van der Waals surface area contributed by atoms with Crippen LogP contribution in [0.2, 0.25) is 0 Å². The fourth-order valence-electron chi connectivity index (χ4n) is 2.82. The Balaban J connectivity index is 1.57. The Hall–Kier alpha value is -1.14. The molecular weight excluding hydrogens is 262 g/mol. The molecule has 0 amide bonds. The molecule has 0 bridgehead atoms. The Morgan fingerprint density at radius 1 is 1.42 bits per heavy atom. The predicted octanol–water partition coefficient (Wildman–Crippen LogP) is 1.65. The summed E-state index contributed by atoms with van der Waals surface area (Å²) in [5.74, 6) is -0.851. The molecule has 0 spiro atoms. The van der Waals surface area contributed by atoms with Gasteiger partial charge in [0, 0.05) is 37.3 Å². The maximum absolute atomic E-state index is 10.9. The summed E-state index contributed by atoms with van der Waals surface area (Å²) in [6.45, 7) is 4.64. The van der Waals surface area contributed by atoms with Crippen molar-refractivity contribution in [2.45, 2.75) is 25.8 Å². The SMILES string of the molecule is O=C(O)C1CCN(Cc2cnc(N3CCCC3)s2)C1. The van der Waals surface area contributed by atoms with E-state index in [-0.39, 0.29) is 5.92 Å². The van der Waals surface area contributed by atoms with Gasteiger partial charge in [-0.1, -0.05) is 0 Å². The molecule has 104 valence electrons. The molecule has 3 heterocycles. The van der Waals surface area contributed by atoms with Crippen molar-refractivity contribution >= 4 is 22.4 Å². The predicted molar refractivity (Wildman–Crippen MR) is 74.6 cm³/mol. The second kappa shape index (κ2) is 5.46. The number of likely N-dealkylation sites (tertiary alicyclic amines) is 1. The van der Waals surface area contributed by atoms with Crippen LogP contribution in [0.3, 0.4) is 0 Å². The van der Waals surface area contributed by atoms with Gasteiger partial charge in [-0.3, -0.25) is 9.69 Å². The Morgan fingerprint density at radius 3 is 2.89 bits per heavy atom. The molecule has 2 fully saturated rings. The van der Waals surface area contributed by atoms with E-state index < -0.39 is 5.97 Å². The van der Waals surface area contributed by atoms with Gasteiger partial charge in [-0.25, -0.2) is 4.98 Å². The minimum absolute atomic E-state index is 0.189. The molecule has 0 saturated carbocycles. The molecule has 1 N–H and O–H groups in total. The van der Waals surface area contributed by atoms with Crippen molar-refractivity contribution in [2.75, 3.05) is 31.1 Å². The first kappa shape index (κ1) is 12.9. The third-order valence-corrected chi connectivity index (χ3v) is 4.96. The average molecular weight is 281 g/mol. The molecule has 1 unspecified atom stereocenters. The third-order valence-electron chi connectivity index (χ3n) is 3.92. The van der Waals surface area contributed by atoms with Gasteiger partial charge in [-0.2, -0.15) is 0 Å². The molecule has 1 atom stereocenters. The third kappa shape index (κ3) is 2.90. The van der Waals surface area contributed by atoms with E-state index in [9.17, 15) is 4.79 Å². The summed E-state index contributed by atoms with van der Waals surface area (Å²) >= 11 is 1.75. The van der Waals surface area contributed by atoms with Crippen LogP contribution in [0, 0.1) is 5.92 Å². The Labute approximate surface area is 116 Å². The van der Waals surface area contributed by atoms with Gasteiger partial charge in [0.25, 0.3) is 0 Å². The van der Waals surface area contributed by atoms with E-state index >= 15 is 0 Å². The zero-order valence-corrected chi connectivity index (χ0v) is 11.7. The molecule has 0 aromatic carbocycles. The summed E-state index contributed by atoms with van der Waals surface area (Å²) in [5, 5.41) is 10.1. The van der Waals surface area contributed by atoms with E-state index in [4.69, 9.17) is 5.11 Å². The van der Waals surface area contributed by atoms with Crippen LogP contribution in [0.1, 0.15) is 24.1 Å². The zero-order chi connectivity index (χ0) is 13.2. The highest BCUT2D eigenvalue weighted by Gasteiger charge is 2.28. The highest BCUT2D eigenvalue weighted by atomic mass is 32.1. The molecule has 19 heavy (non-hydrogen) atoms. The van der Waals surface area contributed by atoms with Gasteiger partial charge in [0.05, 0.1) is 5.92 Å². The number of thiazole rings is 1. The Morgan fingerprint density at radius 2 is 2.21 bits per heavy atom. The summed E-state index contributed by atoms with van der Waals surface area (Å²) in [6.07, 6.45) is 5.25. The number of hydrogen-bond acceptors (Lipinski definition) is 5. The van der Waals surface area contributed by atoms with Gasteiger partial charge in [0.2, 0.25) is 0 Å². The lowest BCUT2D eigenvalue weighted by Gasteiger charge is -2.14. The number of aliphatic carboxylic acids is 1. The maximum Gasteiger partial charge on any atom is 0.307 e. The fraction of sp³-hybridized carbons (Fsp3) is 0.692. The monoisotopic (exact) mass is 281 g/mol. The van der Waals surface area contributed by atoms with Gasteiger partial charge >= 0.3 is 5.97 Å². The Bertz CT molecular complexity index is 456. The standard InChI is InChI=1S/C13H19N3O2S/c17-12(18)10-3-6-15(8-10)9-11-7-14-13(19-11)16-4-1-2-5-16/h7,10H,1-6,8-9H2,(H,17,18). The van der Waals surface area contributed by atoms with Gasteiger partial charge in [0.1, 0.15) is 0 Å². The van der Waals surface area contributed by atoms with Crippen LogP contribution in [0.4, 0.5) is 5.13 Å². The zero-order valence-electron chi connectivity index (χ0n) is 10.9. The van der Waals surface area contributed by atoms with Gasteiger partial charge in [-0.15, -0.1) is 11.3 Å². The first-order valence-electron chi connectivity index (χ1n) is 6.87. The van der Waals surface area contributed by atoms with Crippen LogP contribution in [-0.4, -0.2) is 47.1 Å². The molecule has 2 aliphatic rings. The van der Waals surface area contributed by atoms with Crippen LogP contribution in [0.15, 0.2) is 6.20 Å². The number of carboxylic acid groups (broad SMARTS) is 1. The number of hydrogen-bond donors (Lipinski definition) is 1. The topological polar surface area (TPSA) is 56.7 Å². The minimum atomic E-state index is -0.662. The molecule has 0 aliphatic carbocycles. The van der Waals surface area contributed by atoms with E-state index in [0.29, 0.717) is 6.54 Å². The van der Waals surface area contributed by atoms with Crippen LogP contribution in [-0.2, 0) is 11.3 Å². The van der Waals surface area contributed by atoms with Gasteiger partial charge < -0.3 is 10.0 Å². The second-order valence-electron chi connectivity index (χ2n) is 5.36. The first-order chi connectivity index (χ1) is 9.22. The normalized spacial score (nSPS) is 24.2. The number of carboxylic acids is 1. The smallest absolute Gasteiger partial charge is 0.307 e. The minimum Gasteiger partial charge on any atom is -0.481 e. The molecule has 5 nitrogen and oxygen atoms in total.